The number of rotatable bonds is 3. The van der Waals surface area contributed by atoms with Gasteiger partial charge in [-0.15, -0.1) is 11.3 Å². The van der Waals surface area contributed by atoms with Crippen molar-refractivity contribution in [2.45, 2.75) is 0 Å². The maximum Gasteiger partial charge on any atom is 0.134 e. The fourth-order valence-corrected chi connectivity index (χ4v) is 3.61. The molecule has 0 aliphatic carbocycles. The van der Waals surface area contributed by atoms with Crippen LogP contribution in [0.25, 0.3) is 32.7 Å². The first-order valence-electron chi connectivity index (χ1n) is 8.01. The van der Waals surface area contributed by atoms with Crippen LogP contribution in [-0.4, -0.2) is 24.1 Å². The number of aromatic nitrogens is 2. The van der Waals surface area contributed by atoms with Crippen molar-refractivity contribution < 1.29 is 0 Å². The first-order chi connectivity index (χ1) is 12.1. The second-order valence-electron chi connectivity index (χ2n) is 6.10. The molecule has 5 heteroatoms. The van der Waals surface area contributed by atoms with Gasteiger partial charge in [-0.3, -0.25) is 0 Å². The first kappa shape index (κ1) is 15.6. The van der Waals surface area contributed by atoms with Gasteiger partial charge in [0.15, 0.2) is 0 Å². The van der Waals surface area contributed by atoms with E-state index >= 15 is 0 Å². The summed E-state index contributed by atoms with van der Waals surface area (Å²) in [4.78, 5) is 11.4. The molecule has 0 aliphatic rings. The maximum absolute atomic E-state index is 6.23. The Kier molecular flexibility index (Phi) is 3.86. The van der Waals surface area contributed by atoms with Gasteiger partial charge in [0.1, 0.15) is 10.8 Å². The molecule has 0 fully saturated rings. The zero-order valence-corrected chi connectivity index (χ0v) is 14.9. The summed E-state index contributed by atoms with van der Waals surface area (Å²) in [6.07, 6.45) is 0. The van der Waals surface area contributed by atoms with Gasteiger partial charge < -0.3 is 10.6 Å². The summed E-state index contributed by atoms with van der Waals surface area (Å²) in [5.74, 6) is 0.511. The molecule has 2 aromatic heterocycles. The quantitative estimate of drug-likeness (QED) is 0.585. The monoisotopic (exact) mass is 346 g/mol. The van der Waals surface area contributed by atoms with Crippen LogP contribution < -0.4 is 10.6 Å². The van der Waals surface area contributed by atoms with Crippen LogP contribution in [0.4, 0.5) is 11.5 Å². The van der Waals surface area contributed by atoms with Gasteiger partial charge in [0, 0.05) is 36.1 Å². The predicted octanol–water partition coefficient (Wildman–Crippen LogP) is 4.67. The largest absolute Gasteiger partial charge is 0.383 e. The van der Waals surface area contributed by atoms with Crippen molar-refractivity contribution in [3.63, 3.8) is 0 Å². The number of thiazole rings is 1. The van der Waals surface area contributed by atoms with Crippen molar-refractivity contribution in [3.05, 3.63) is 60.0 Å². The Hall–Kier alpha value is -2.92. The molecule has 0 spiro atoms. The van der Waals surface area contributed by atoms with Crippen molar-refractivity contribution in [1.29, 1.82) is 0 Å². The fourth-order valence-electron chi connectivity index (χ4n) is 2.76. The number of benzene rings is 2. The summed E-state index contributed by atoms with van der Waals surface area (Å²) in [5.41, 5.74) is 11.2. The number of pyridine rings is 1. The van der Waals surface area contributed by atoms with Crippen molar-refractivity contribution in [2.75, 3.05) is 24.7 Å². The molecule has 0 aliphatic heterocycles. The van der Waals surface area contributed by atoms with Gasteiger partial charge in [0.05, 0.1) is 16.8 Å². The molecule has 2 N–H and O–H groups in total. The second-order valence-corrected chi connectivity index (χ2v) is 6.95. The van der Waals surface area contributed by atoms with Crippen LogP contribution in [0.3, 0.4) is 0 Å². The molecular weight excluding hydrogens is 328 g/mol. The highest BCUT2D eigenvalue weighted by molar-refractivity contribution is 7.13. The number of nitrogens with two attached hydrogens (primary N) is 1. The van der Waals surface area contributed by atoms with E-state index in [9.17, 15) is 0 Å². The molecule has 0 atom stereocenters. The van der Waals surface area contributed by atoms with E-state index in [1.54, 1.807) is 11.3 Å². The van der Waals surface area contributed by atoms with E-state index in [0.717, 1.165) is 38.4 Å². The lowest BCUT2D eigenvalue weighted by atomic mass is 10.1. The van der Waals surface area contributed by atoms with Crippen molar-refractivity contribution in [2.24, 2.45) is 0 Å². The highest BCUT2D eigenvalue weighted by Gasteiger charge is 2.12. The zero-order chi connectivity index (χ0) is 17.4. The molecule has 0 unspecified atom stereocenters. The molecule has 124 valence electrons. The normalized spacial score (nSPS) is 11.0. The summed E-state index contributed by atoms with van der Waals surface area (Å²) in [7, 11) is 4.03. The van der Waals surface area contributed by atoms with Crippen LogP contribution in [-0.2, 0) is 0 Å². The van der Waals surface area contributed by atoms with E-state index in [4.69, 9.17) is 10.7 Å². The number of anilines is 2. The molecule has 25 heavy (non-hydrogen) atoms. The molecule has 0 amide bonds. The van der Waals surface area contributed by atoms with Crippen LogP contribution in [0.1, 0.15) is 0 Å². The van der Waals surface area contributed by atoms with E-state index in [-0.39, 0.29) is 0 Å². The summed E-state index contributed by atoms with van der Waals surface area (Å²) in [6, 6.07) is 18.4. The molecular formula is C20H18N4S. The first-order valence-corrected chi connectivity index (χ1v) is 8.89. The minimum absolute atomic E-state index is 0.511. The maximum atomic E-state index is 6.23. The predicted molar refractivity (Wildman–Crippen MR) is 107 cm³/mol. The van der Waals surface area contributed by atoms with Crippen molar-refractivity contribution in [1.82, 2.24) is 9.97 Å². The number of nitrogen functional groups attached to an aromatic ring is 1. The third-order valence-electron chi connectivity index (χ3n) is 4.15. The van der Waals surface area contributed by atoms with Crippen LogP contribution in [0.2, 0.25) is 0 Å². The second kappa shape index (κ2) is 6.18. The molecule has 4 aromatic rings. The minimum atomic E-state index is 0.511. The molecule has 4 rings (SSSR count). The Morgan fingerprint density at radius 3 is 2.52 bits per heavy atom. The SMILES string of the molecule is CN(C)c1ccc2cc(-c3nc(-c4ccccc4)cs3)c(N)nc2c1. The van der Waals surface area contributed by atoms with E-state index in [2.05, 4.69) is 45.6 Å². The average molecular weight is 346 g/mol. The van der Waals surface area contributed by atoms with E-state index in [1.807, 2.05) is 38.4 Å². The molecule has 2 heterocycles. The summed E-state index contributed by atoms with van der Waals surface area (Å²) in [5, 5.41) is 4.01. The topological polar surface area (TPSA) is 55.0 Å². The third-order valence-corrected chi connectivity index (χ3v) is 5.03. The Balaban J connectivity index is 1.78. The minimum Gasteiger partial charge on any atom is -0.383 e. The number of hydrogen-bond donors (Lipinski definition) is 1. The standard InChI is InChI=1S/C20H18N4S/c1-24(2)15-9-8-14-10-16(19(21)22-17(14)11-15)20-23-18(12-25-20)13-6-4-3-5-7-13/h3-12H,1-2H3,(H2,21,22). The molecule has 2 aromatic carbocycles. The van der Waals surface area contributed by atoms with Gasteiger partial charge in [-0.05, 0) is 18.2 Å². The third kappa shape index (κ3) is 2.94. The van der Waals surface area contributed by atoms with Gasteiger partial charge in [0.25, 0.3) is 0 Å². The van der Waals surface area contributed by atoms with Crippen molar-refractivity contribution >= 4 is 33.7 Å². The highest BCUT2D eigenvalue weighted by atomic mass is 32.1. The highest BCUT2D eigenvalue weighted by Crippen LogP contribution is 2.34. The Labute approximate surface area is 150 Å². The molecule has 0 bridgehead atoms. The van der Waals surface area contributed by atoms with E-state index in [1.165, 1.54) is 0 Å². The van der Waals surface area contributed by atoms with Crippen molar-refractivity contribution in [3.8, 4) is 21.8 Å². The Morgan fingerprint density at radius 1 is 0.960 bits per heavy atom. The molecule has 0 radical (unpaired) electrons. The van der Waals surface area contributed by atoms with Gasteiger partial charge in [-0.25, -0.2) is 9.97 Å². The molecule has 0 saturated heterocycles. The summed E-state index contributed by atoms with van der Waals surface area (Å²) >= 11 is 1.59. The number of fused-ring (bicyclic) bond motifs is 1. The average Bonchev–Trinajstić information content (AvgIpc) is 3.11. The lowest BCUT2D eigenvalue weighted by Gasteiger charge is -2.13. The van der Waals surface area contributed by atoms with Crippen LogP contribution in [0, 0.1) is 0 Å². The lowest BCUT2D eigenvalue weighted by molar-refractivity contribution is 1.13. The lowest BCUT2D eigenvalue weighted by Crippen LogP contribution is -2.08. The summed E-state index contributed by atoms with van der Waals surface area (Å²) in [6.45, 7) is 0. The zero-order valence-electron chi connectivity index (χ0n) is 14.1. The molecule has 4 nitrogen and oxygen atoms in total. The number of nitrogens with zero attached hydrogens (tertiary/aromatic N) is 3. The Bertz CT molecular complexity index is 1040. The van der Waals surface area contributed by atoms with Crippen LogP contribution in [0.15, 0.2) is 60.0 Å². The van der Waals surface area contributed by atoms with Crippen LogP contribution >= 0.6 is 11.3 Å². The van der Waals surface area contributed by atoms with Gasteiger partial charge in [-0.2, -0.15) is 0 Å². The van der Waals surface area contributed by atoms with E-state index < -0.39 is 0 Å². The Morgan fingerprint density at radius 2 is 1.76 bits per heavy atom. The van der Waals surface area contributed by atoms with Gasteiger partial charge >= 0.3 is 0 Å². The summed E-state index contributed by atoms with van der Waals surface area (Å²) < 4.78 is 0. The smallest absolute Gasteiger partial charge is 0.134 e. The van der Waals surface area contributed by atoms with Crippen LogP contribution in [0.5, 0.6) is 0 Å². The van der Waals surface area contributed by atoms with E-state index in [0.29, 0.717) is 5.82 Å². The number of hydrogen-bond acceptors (Lipinski definition) is 5. The molecule has 0 saturated carbocycles. The van der Waals surface area contributed by atoms with Gasteiger partial charge in [-0.1, -0.05) is 36.4 Å². The van der Waals surface area contributed by atoms with Gasteiger partial charge in [0.2, 0.25) is 0 Å². The fraction of sp³-hybridized carbons (Fsp3) is 0.100.